The molecule has 1 unspecified atom stereocenters. The Morgan fingerprint density at radius 1 is 1.50 bits per heavy atom. The monoisotopic (exact) mass is 280 g/mol. The first-order valence-electron chi connectivity index (χ1n) is 6.58. The highest BCUT2D eigenvalue weighted by Gasteiger charge is 2.38. The first kappa shape index (κ1) is 14.6. The Hall–Kier alpha value is -1.79. The molecule has 0 aliphatic carbocycles. The van der Waals surface area contributed by atoms with E-state index in [9.17, 15) is 4.79 Å². The largest absolute Gasteiger partial charge is 0.493 e. The van der Waals surface area contributed by atoms with E-state index < -0.39 is 5.54 Å². The number of amides is 1. The number of benzene rings is 1. The van der Waals surface area contributed by atoms with Gasteiger partial charge in [0.15, 0.2) is 11.5 Å². The summed E-state index contributed by atoms with van der Waals surface area (Å²) in [5.41, 5.74) is 5.67. The van der Waals surface area contributed by atoms with Crippen LogP contribution in [-0.2, 0) is 9.53 Å². The van der Waals surface area contributed by atoms with Crippen molar-refractivity contribution in [2.24, 2.45) is 5.73 Å². The van der Waals surface area contributed by atoms with E-state index in [1.54, 1.807) is 25.3 Å². The van der Waals surface area contributed by atoms with E-state index in [0.717, 1.165) is 0 Å². The number of anilines is 1. The SMILES string of the molecule is CCOc1ccc(NC(=O)C2(N)CCOC2)cc1OC. The standard InChI is InChI=1S/C14H20N2O4/c1-3-20-11-5-4-10(8-12(11)18-2)16-13(17)14(15)6-7-19-9-14/h4-5,8H,3,6-7,9,15H2,1-2H3,(H,16,17). The van der Waals surface area contributed by atoms with Crippen LogP contribution in [0.15, 0.2) is 18.2 Å². The lowest BCUT2D eigenvalue weighted by Gasteiger charge is -2.21. The lowest BCUT2D eigenvalue weighted by atomic mass is 9.99. The van der Waals surface area contributed by atoms with Crippen molar-refractivity contribution >= 4 is 11.6 Å². The minimum absolute atomic E-state index is 0.243. The number of carbonyl (C=O) groups excluding carboxylic acids is 1. The first-order chi connectivity index (χ1) is 9.59. The van der Waals surface area contributed by atoms with Gasteiger partial charge < -0.3 is 25.3 Å². The van der Waals surface area contributed by atoms with Gasteiger partial charge >= 0.3 is 0 Å². The van der Waals surface area contributed by atoms with Crippen molar-refractivity contribution in [3.63, 3.8) is 0 Å². The van der Waals surface area contributed by atoms with Gasteiger partial charge in [-0.05, 0) is 25.5 Å². The maximum atomic E-state index is 12.2. The Kier molecular flexibility index (Phi) is 4.46. The van der Waals surface area contributed by atoms with Crippen LogP contribution in [-0.4, -0.2) is 38.4 Å². The highest BCUT2D eigenvalue weighted by molar-refractivity contribution is 5.98. The quantitative estimate of drug-likeness (QED) is 0.845. The van der Waals surface area contributed by atoms with Gasteiger partial charge in [-0.3, -0.25) is 4.79 Å². The number of carbonyl (C=O) groups is 1. The van der Waals surface area contributed by atoms with Crippen LogP contribution in [0.4, 0.5) is 5.69 Å². The molecule has 6 heteroatoms. The average molecular weight is 280 g/mol. The number of nitrogens with one attached hydrogen (secondary N) is 1. The van der Waals surface area contributed by atoms with Gasteiger partial charge in [0, 0.05) is 18.4 Å². The maximum Gasteiger partial charge on any atom is 0.246 e. The summed E-state index contributed by atoms with van der Waals surface area (Å²) in [4.78, 5) is 12.2. The van der Waals surface area contributed by atoms with Crippen molar-refractivity contribution in [1.29, 1.82) is 0 Å². The molecule has 1 heterocycles. The smallest absolute Gasteiger partial charge is 0.246 e. The van der Waals surface area contributed by atoms with Crippen LogP contribution >= 0.6 is 0 Å². The van der Waals surface area contributed by atoms with Crippen LogP contribution in [0.2, 0.25) is 0 Å². The molecule has 1 fully saturated rings. The molecule has 6 nitrogen and oxygen atoms in total. The summed E-state index contributed by atoms with van der Waals surface area (Å²) >= 11 is 0. The summed E-state index contributed by atoms with van der Waals surface area (Å²) in [6, 6.07) is 5.22. The molecule has 1 saturated heterocycles. The van der Waals surface area contributed by atoms with E-state index >= 15 is 0 Å². The molecule has 1 aliphatic rings. The van der Waals surface area contributed by atoms with Gasteiger partial charge in [-0.15, -0.1) is 0 Å². The van der Waals surface area contributed by atoms with Crippen molar-refractivity contribution in [1.82, 2.24) is 0 Å². The van der Waals surface area contributed by atoms with Crippen LogP contribution in [0.5, 0.6) is 11.5 Å². The van der Waals surface area contributed by atoms with Gasteiger partial charge in [0.1, 0.15) is 5.54 Å². The Bertz CT molecular complexity index is 484. The van der Waals surface area contributed by atoms with Crippen LogP contribution in [0.1, 0.15) is 13.3 Å². The molecule has 110 valence electrons. The Labute approximate surface area is 118 Å². The summed E-state index contributed by atoms with van der Waals surface area (Å²) in [6.07, 6.45) is 0.521. The van der Waals surface area contributed by atoms with Crippen molar-refractivity contribution in [3.05, 3.63) is 18.2 Å². The average Bonchev–Trinajstić information content (AvgIpc) is 2.89. The minimum atomic E-state index is -0.953. The van der Waals surface area contributed by atoms with Crippen molar-refractivity contribution in [2.75, 3.05) is 32.2 Å². The van der Waals surface area contributed by atoms with Gasteiger partial charge in [-0.25, -0.2) is 0 Å². The van der Waals surface area contributed by atoms with Gasteiger partial charge in [-0.2, -0.15) is 0 Å². The van der Waals surface area contributed by atoms with Crippen molar-refractivity contribution in [3.8, 4) is 11.5 Å². The van der Waals surface area contributed by atoms with E-state index in [1.165, 1.54) is 0 Å². The zero-order valence-electron chi connectivity index (χ0n) is 11.8. The molecule has 1 amide bonds. The Morgan fingerprint density at radius 2 is 2.30 bits per heavy atom. The topological polar surface area (TPSA) is 82.8 Å². The number of methoxy groups -OCH3 is 1. The Balaban J connectivity index is 2.11. The molecule has 3 N–H and O–H groups in total. The summed E-state index contributed by atoms with van der Waals surface area (Å²) in [6.45, 7) is 3.20. The van der Waals surface area contributed by atoms with Gasteiger partial charge in [0.2, 0.25) is 5.91 Å². The third-order valence-electron chi connectivity index (χ3n) is 3.23. The van der Waals surface area contributed by atoms with E-state index in [0.29, 0.717) is 36.8 Å². The van der Waals surface area contributed by atoms with E-state index in [1.807, 2.05) is 6.92 Å². The molecule has 0 radical (unpaired) electrons. The number of nitrogens with two attached hydrogens (primary N) is 1. The second-order valence-corrected chi connectivity index (χ2v) is 4.71. The van der Waals surface area contributed by atoms with Gasteiger partial charge in [-0.1, -0.05) is 0 Å². The number of ether oxygens (including phenoxy) is 3. The molecule has 2 rings (SSSR count). The molecule has 1 aromatic rings. The number of hydrogen-bond donors (Lipinski definition) is 2. The normalized spacial score (nSPS) is 21.6. The highest BCUT2D eigenvalue weighted by Crippen LogP contribution is 2.30. The third-order valence-corrected chi connectivity index (χ3v) is 3.23. The van der Waals surface area contributed by atoms with Gasteiger partial charge in [0.05, 0.1) is 20.3 Å². The third kappa shape index (κ3) is 3.02. The molecular weight excluding hydrogens is 260 g/mol. The molecule has 1 aromatic carbocycles. The summed E-state index contributed by atoms with van der Waals surface area (Å²) in [7, 11) is 1.55. The van der Waals surface area contributed by atoms with Crippen LogP contribution in [0.3, 0.4) is 0 Å². The summed E-state index contributed by atoms with van der Waals surface area (Å²) in [5.74, 6) is 0.958. The molecule has 1 aliphatic heterocycles. The zero-order valence-corrected chi connectivity index (χ0v) is 11.8. The molecule has 0 spiro atoms. The first-order valence-corrected chi connectivity index (χ1v) is 6.58. The second-order valence-electron chi connectivity index (χ2n) is 4.71. The fourth-order valence-corrected chi connectivity index (χ4v) is 2.04. The molecule has 0 saturated carbocycles. The highest BCUT2D eigenvalue weighted by atomic mass is 16.5. The van der Waals surface area contributed by atoms with Crippen molar-refractivity contribution < 1.29 is 19.0 Å². The fraction of sp³-hybridized carbons (Fsp3) is 0.500. The van der Waals surface area contributed by atoms with E-state index in [4.69, 9.17) is 19.9 Å². The molecule has 20 heavy (non-hydrogen) atoms. The summed E-state index contributed by atoms with van der Waals surface area (Å²) in [5, 5.41) is 2.79. The minimum Gasteiger partial charge on any atom is -0.493 e. The van der Waals surface area contributed by atoms with Gasteiger partial charge in [0.25, 0.3) is 0 Å². The van der Waals surface area contributed by atoms with Crippen LogP contribution in [0.25, 0.3) is 0 Å². The predicted molar refractivity (Wildman–Crippen MR) is 75.1 cm³/mol. The van der Waals surface area contributed by atoms with Crippen LogP contribution in [0, 0.1) is 0 Å². The number of rotatable bonds is 5. The lowest BCUT2D eigenvalue weighted by molar-refractivity contribution is -0.121. The van der Waals surface area contributed by atoms with Crippen LogP contribution < -0.4 is 20.5 Å². The van der Waals surface area contributed by atoms with E-state index in [2.05, 4.69) is 5.32 Å². The predicted octanol–water partition coefficient (Wildman–Crippen LogP) is 1.15. The molecular formula is C14H20N2O4. The molecule has 0 aromatic heterocycles. The fourth-order valence-electron chi connectivity index (χ4n) is 2.04. The Morgan fingerprint density at radius 3 is 2.90 bits per heavy atom. The number of hydrogen-bond acceptors (Lipinski definition) is 5. The zero-order chi connectivity index (χ0) is 14.6. The lowest BCUT2D eigenvalue weighted by Crippen LogP contribution is -2.51. The van der Waals surface area contributed by atoms with E-state index in [-0.39, 0.29) is 12.5 Å². The second kappa shape index (κ2) is 6.11. The molecule has 0 bridgehead atoms. The molecule has 1 atom stereocenters. The van der Waals surface area contributed by atoms with Crippen molar-refractivity contribution in [2.45, 2.75) is 18.9 Å². The maximum absolute atomic E-state index is 12.2. The summed E-state index contributed by atoms with van der Waals surface area (Å²) < 4.78 is 15.8.